The molecule has 5 heteroatoms. The van der Waals surface area contributed by atoms with Crippen molar-refractivity contribution in [1.82, 2.24) is 10.2 Å². The minimum atomic E-state index is -0.197. The van der Waals surface area contributed by atoms with Gasteiger partial charge < -0.3 is 14.8 Å². The molecule has 0 spiro atoms. The minimum Gasteiger partial charge on any atom is -0.497 e. The molecule has 2 aromatic rings. The van der Waals surface area contributed by atoms with Crippen molar-refractivity contribution in [2.45, 2.75) is 32.2 Å². The third kappa shape index (κ3) is 4.60. The molecule has 0 aromatic heterocycles. The van der Waals surface area contributed by atoms with Gasteiger partial charge in [-0.25, -0.2) is 0 Å². The van der Waals surface area contributed by atoms with Crippen molar-refractivity contribution in [3.63, 3.8) is 0 Å². The normalized spacial score (nSPS) is 16.9. The van der Waals surface area contributed by atoms with Gasteiger partial charge in [0.2, 0.25) is 5.91 Å². The lowest BCUT2D eigenvalue weighted by atomic mass is 9.96. The maximum Gasteiger partial charge on any atom is 0.227 e. The molecular formula is C22H30N2O3. The summed E-state index contributed by atoms with van der Waals surface area (Å²) in [5.74, 6) is 0.701. The van der Waals surface area contributed by atoms with E-state index >= 15 is 0 Å². The molecule has 1 N–H and O–H groups in total. The van der Waals surface area contributed by atoms with Crippen LogP contribution < -0.4 is 10.1 Å². The molecule has 1 saturated heterocycles. The summed E-state index contributed by atoms with van der Waals surface area (Å²) in [6.45, 7) is 10.3. The highest BCUT2D eigenvalue weighted by molar-refractivity contribution is 5.88. The first kappa shape index (κ1) is 19.6. The Balaban J connectivity index is 1.65. The predicted molar refractivity (Wildman–Crippen MR) is 108 cm³/mol. The number of amides is 1. The van der Waals surface area contributed by atoms with Crippen LogP contribution in [-0.4, -0.2) is 56.3 Å². The van der Waals surface area contributed by atoms with Crippen LogP contribution in [0.5, 0.6) is 5.75 Å². The van der Waals surface area contributed by atoms with E-state index in [-0.39, 0.29) is 17.4 Å². The van der Waals surface area contributed by atoms with Gasteiger partial charge in [-0.1, -0.05) is 24.3 Å². The number of nitrogens with one attached hydrogen (secondary N) is 1. The van der Waals surface area contributed by atoms with Crippen LogP contribution in [0, 0.1) is 0 Å². The van der Waals surface area contributed by atoms with Crippen LogP contribution in [0.2, 0.25) is 0 Å². The Kier molecular flexibility index (Phi) is 6.02. The smallest absolute Gasteiger partial charge is 0.227 e. The Bertz CT molecular complexity index is 797. The Morgan fingerprint density at radius 2 is 1.85 bits per heavy atom. The van der Waals surface area contributed by atoms with Crippen LogP contribution in [0.4, 0.5) is 0 Å². The van der Waals surface area contributed by atoms with Crippen LogP contribution in [0.15, 0.2) is 36.4 Å². The fraction of sp³-hybridized carbons (Fsp3) is 0.500. The summed E-state index contributed by atoms with van der Waals surface area (Å²) < 4.78 is 10.7. The summed E-state index contributed by atoms with van der Waals surface area (Å²) in [5.41, 5.74) is 0.938. The molecule has 0 radical (unpaired) electrons. The highest BCUT2D eigenvalue weighted by Crippen LogP contribution is 2.25. The molecule has 0 aliphatic carbocycles. The standard InChI is InChI=1S/C22H30N2O3/c1-16(17-5-6-19-14-20(26-4)8-7-18(19)13-17)21(25)23-15-22(2,3)24-9-11-27-12-10-24/h5-8,13-14,16H,9-12,15H2,1-4H3,(H,23,25)/t16-/m1/s1. The minimum absolute atomic E-state index is 0.0594. The molecule has 146 valence electrons. The number of benzene rings is 2. The number of methoxy groups -OCH3 is 1. The number of hydrogen-bond acceptors (Lipinski definition) is 4. The Labute approximate surface area is 161 Å². The number of morpholine rings is 1. The lowest BCUT2D eigenvalue weighted by Crippen LogP contribution is -2.55. The van der Waals surface area contributed by atoms with Crippen LogP contribution >= 0.6 is 0 Å². The zero-order valence-corrected chi connectivity index (χ0v) is 16.7. The molecule has 1 heterocycles. The van der Waals surface area contributed by atoms with Gasteiger partial charge in [0.25, 0.3) is 0 Å². The second-order valence-electron chi connectivity index (χ2n) is 7.82. The molecule has 5 nitrogen and oxygen atoms in total. The number of rotatable bonds is 6. The molecule has 3 rings (SSSR count). The maximum atomic E-state index is 12.7. The number of nitrogens with zero attached hydrogens (tertiary/aromatic N) is 1. The van der Waals surface area contributed by atoms with Crippen LogP contribution in [-0.2, 0) is 9.53 Å². The number of carbonyl (C=O) groups is 1. The lowest BCUT2D eigenvalue weighted by molar-refractivity contribution is -0.123. The highest BCUT2D eigenvalue weighted by Gasteiger charge is 2.29. The Hall–Kier alpha value is -2.11. The average molecular weight is 370 g/mol. The quantitative estimate of drug-likeness (QED) is 0.849. The largest absolute Gasteiger partial charge is 0.497 e. The Morgan fingerprint density at radius 3 is 2.56 bits per heavy atom. The average Bonchev–Trinajstić information content (AvgIpc) is 2.71. The molecule has 1 aliphatic heterocycles. The van der Waals surface area contributed by atoms with Gasteiger partial charge in [0.1, 0.15) is 5.75 Å². The lowest BCUT2D eigenvalue weighted by Gasteiger charge is -2.41. The van der Waals surface area contributed by atoms with E-state index in [0.717, 1.165) is 48.4 Å². The fourth-order valence-electron chi connectivity index (χ4n) is 3.53. The first-order valence-corrected chi connectivity index (χ1v) is 9.59. The van der Waals surface area contributed by atoms with E-state index in [1.807, 2.05) is 31.2 Å². The second-order valence-corrected chi connectivity index (χ2v) is 7.82. The van der Waals surface area contributed by atoms with E-state index in [9.17, 15) is 4.79 Å². The second kappa shape index (κ2) is 8.28. The molecule has 1 atom stereocenters. The Morgan fingerprint density at radius 1 is 1.19 bits per heavy atom. The van der Waals surface area contributed by atoms with E-state index in [4.69, 9.17) is 9.47 Å². The molecule has 0 unspecified atom stereocenters. The van der Waals surface area contributed by atoms with Crippen LogP contribution in [0.1, 0.15) is 32.3 Å². The predicted octanol–water partition coefficient (Wildman–Crippen LogP) is 3.18. The summed E-state index contributed by atoms with van der Waals surface area (Å²) in [6.07, 6.45) is 0. The molecule has 0 bridgehead atoms. The van der Waals surface area contributed by atoms with Gasteiger partial charge in [0, 0.05) is 25.2 Å². The number of carbonyl (C=O) groups excluding carboxylic acids is 1. The van der Waals surface area contributed by atoms with Gasteiger partial charge in [-0.2, -0.15) is 0 Å². The molecule has 1 amide bonds. The monoisotopic (exact) mass is 370 g/mol. The highest BCUT2D eigenvalue weighted by atomic mass is 16.5. The van der Waals surface area contributed by atoms with Crippen LogP contribution in [0.25, 0.3) is 10.8 Å². The molecule has 1 fully saturated rings. The fourth-order valence-corrected chi connectivity index (χ4v) is 3.53. The summed E-state index contributed by atoms with van der Waals surface area (Å²) in [6, 6.07) is 12.2. The van der Waals surface area contributed by atoms with Crippen molar-refractivity contribution in [3.05, 3.63) is 42.0 Å². The molecule has 1 aliphatic rings. The van der Waals surface area contributed by atoms with Crippen molar-refractivity contribution < 1.29 is 14.3 Å². The summed E-state index contributed by atoms with van der Waals surface area (Å²) >= 11 is 0. The van der Waals surface area contributed by atoms with E-state index in [1.54, 1.807) is 7.11 Å². The number of ether oxygens (including phenoxy) is 2. The molecular weight excluding hydrogens is 340 g/mol. The summed E-state index contributed by atoms with van der Waals surface area (Å²) in [4.78, 5) is 15.1. The zero-order chi connectivity index (χ0) is 19.4. The van der Waals surface area contributed by atoms with Gasteiger partial charge in [-0.15, -0.1) is 0 Å². The van der Waals surface area contributed by atoms with Gasteiger partial charge in [-0.3, -0.25) is 9.69 Å². The molecule has 27 heavy (non-hydrogen) atoms. The molecule has 0 saturated carbocycles. The van der Waals surface area contributed by atoms with Gasteiger partial charge in [0.15, 0.2) is 0 Å². The van der Waals surface area contributed by atoms with E-state index in [1.165, 1.54) is 0 Å². The SMILES string of the molecule is COc1ccc2cc([C@@H](C)C(=O)NCC(C)(C)N3CCOCC3)ccc2c1. The van der Waals surface area contributed by atoms with Crippen molar-refractivity contribution in [2.24, 2.45) is 0 Å². The summed E-state index contributed by atoms with van der Waals surface area (Å²) in [7, 11) is 1.67. The van der Waals surface area contributed by atoms with Gasteiger partial charge in [0.05, 0.1) is 26.2 Å². The van der Waals surface area contributed by atoms with E-state index in [2.05, 4.69) is 36.2 Å². The number of fused-ring (bicyclic) bond motifs is 1. The van der Waals surface area contributed by atoms with Crippen LogP contribution in [0.3, 0.4) is 0 Å². The van der Waals surface area contributed by atoms with Crippen molar-refractivity contribution >= 4 is 16.7 Å². The van der Waals surface area contributed by atoms with Crippen molar-refractivity contribution in [2.75, 3.05) is 40.0 Å². The molecule has 2 aromatic carbocycles. The first-order valence-electron chi connectivity index (χ1n) is 9.59. The van der Waals surface area contributed by atoms with E-state index < -0.39 is 0 Å². The first-order chi connectivity index (χ1) is 12.9. The van der Waals surface area contributed by atoms with Gasteiger partial charge in [-0.05, 0) is 49.2 Å². The topological polar surface area (TPSA) is 50.8 Å². The number of hydrogen-bond donors (Lipinski definition) is 1. The summed E-state index contributed by atoms with van der Waals surface area (Å²) in [5, 5.41) is 5.37. The third-order valence-corrected chi connectivity index (χ3v) is 5.53. The van der Waals surface area contributed by atoms with E-state index in [0.29, 0.717) is 6.54 Å². The third-order valence-electron chi connectivity index (χ3n) is 5.53. The van der Waals surface area contributed by atoms with Crippen molar-refractivity contribution in [3.8, 4) is 5.75 Å². The van der Waals surface area contributed by atoms with Gasteiger partial charge >= 0.3 is 0 Å². The van der Waals surface area contributed by atoms with Crippen molar-refractivity contribution in [1.29, 1.82) is 0 Å². The maximum absolute atomic E-state index is 12.7. The zero-order valence-electron chi connectivity index (χ0n) is 16.7.